The van der Waals surface area contributed by atoms with Crippen LogP contribution in [0.4, 0.5) is 5.69 Å². The van der Waals surface area contributed by atoms with Gasteiger partial charge in [-0.15, -0.1) is 0 Å². The number of phenols is 1. The van der Waals surface area contributed by atoms with Crippen LogP contribution >= 0.6 is 0 Å². The molecule has 112 valence electrons. The van der Waals surface area contributed by atoms with Gasteiger partial charge in [-0.1, -0.05) is 30.3 Å². The van der Waals surface area contributed by atoms with Crippen molar-refractivity contribution in [3.8, 4) is 5.75 Å². The number of sulfonamides is 1. The van der Waals surface area contributed by atoms with Crippen LogP contribution in [0.2, 0.25) is 0 Å². The first-order valence-electron chi connectivity index (χ1n) is 6.45. The van der Waals surface area contributed by atoms with Gasteiger partial charge >= 0.3 is 0 Å². The van der Waals surface area contributed by atoms with E-state index >= 15 is 0 Å². The molecule has 0 radical (unpaired) electrons. The number of benzene rings is 2. The van der Waals surface area contributed by atoms with E-state index in [1.165, 1.54) is 29.6 Å². The number of nitrogen functional groups attached to an aromatic ring is 1. The Kier molecular flexibility index (Phi) is 4.20. The summed E-state index contributed by atoms with van der Waals surface area (Å²) in [5.74, 6) is -0.132. The third-order valence-corrected chi connectivity index (χ3v) is 5.43. The summed E-state index contributed by atoms with van der Waals surface area (Å²) >= 11 is 0. The first-order chi connectivity index (χ1) is 9.84. The van der Waals surface area contributed by atoms with Crippen molar-refractivity contribution in [2.24, 2.45) is 0 Å². The van der Waals surface area contributed by atoms with E-state index in [9.17, 15) is 13.5 Å². The first kappa shape index (κ1) is 15.3. The van der Waals surface area contributed by atoms with Crippen LogP contribution in [0.1, 0.15) is 18.5 Å². The lowest BCUT2D eigenvalue weighted by molar-refractivity contribution is 0.398. The molecular formula is C15H18N2O3S. The van der Waals surface area contributed by atoms with E-state index < -0.39 is 10.0 Å². The lowest BCUT2D eigenvalue weighted by Crippen LogP contribution is -2.29. The number of anilines is 1. The molecule has 3 N–H and O–H groups in total. The minimum atomic E-state index is -3.68. The average molecular weight is 306 g/mol. The fourth-order valence-electron chi connectivity index (χ4n) is 2.01. The Balaban J connectivity index is 2.36. The Morgan fingerprint density at radius 1 is 1.14 bits per heavy atom. The van der Waals surface area contributed by atoms with E-state index in [-0.39, 0.29) is 22.4 Å². The van der Waals surface area contributed by atoms with Crippen molar-refractivity contribution in [2.75, 3.05) is 12.8 Å². The van der Waals surface area contributed by atoms with Gasteiger partial charge in [-0.3, -0.25) is 0 Å². The number of rotatable bonds is 4. The van der Waals surface area contributed by atoms with Crippen LogP contribution in [0, 0.1) is 0 Å². The van der Waals surface area contributed by atoms with Crippen LogP contribution in [-0.4, -0.2) is 24.9 Å². The molecule has 1 unspecified atom stereocenters. The predicted molar refractivity (Wildman–Crippen MR) is 82.3 cm³/mol. The molecule has 0 saturated carbocycles. The van der Waals surface area contributed by atoms with Gasteiger partial charge in [0, 0.05) is 13.1 Å². The van der Waals surface area contributed by atoms with E-state index in [4.69, 9.17) is 5.73 Å². The van der Waals surface area contributed by atoms with Gasteiger partial charge in [0.25, 0.3) is 0 Å². The van der Waals surface area contributed by atoms with Gasteiger partial charge in [0.2, 0.25) is 10.0 Å². The molecule has 0 bridgehead atoms. The fraction of sp³-hybridized carbons (Fsp3) is 0.200. The molecule has 0 amide bonds. The van der Waals surface area contributed by atoms with E-state index in [0.29, 0.717) is 0 Å². The maximum Gasteiger partial charge on any atom is 0.243 e. The second-order valence-corrected chi connectivity index (χ2v) is 6.83. The minimum absolute atomic E-state index is 0.0387. The van der Waals surface area contributed by atoms with E-state index in [0.717, 1.165) is 5.56 Å². The number of nitrogens with two attached hydrogens (primary N) is 1. The number of phenolic OH excluding ortho intramolecular Hbond substituents is 1. The molecule has 0 heterocycles. The Labute approximate surface area is 124 Å². The number of hydrogen-bond donors (Lipinski definition) is 2. The van der Waals surface area contributed by atoms with Crippen molar-refractivity contribution in [1.29, 1.82) is 0 Å². The van der Waals surface area contributed by atoms with Crippen LogP contribution in [0.5, 0.6) is 5.75 Å². The van der Waals surface area contributed by atoms with Crippen LogP contribution in [-0.2, 0) is 10.0 Å². The molecule has 0 aromatic heterocycles. The molecule has 2 aromatic carbocycles. The number of nitrogens with zero attached hydrogens (tertiary/aromatic N) is 1. The van der Waals surface area contributed by atoms with Crippen LogP contribution in [0.25, 0.3) is 0 Å². The average Bonchev–Trinajstić information content (AvgIpc) is 2.49. The molecule has 0 aliphatic rings. The molecule has 6 heteroatoms. The minimum Gasteiger partial charge on any atom is -0.506 e. The first-order valence-corrected chi connectivity index (χ1v) is 7.89. The zero-order chi connectivity index (χ0) is 15.6. The summed E-state index contributed by atoms with van der Waals surface area (Å²) in [6, 6.07) is 12.9. The summed E-state index contributed by atoms with van der Waals surface area (Å²) < 4.78 is 26.5. The summed E-state index contributed by atoms with van der Waals surface area (Å²) in [6.45, 7) is 1.82. The Bertz CT molecular complexity index is 730. The largest absolute Gasteiger partial charge is 0.506 e. The predicted octanol–water partition coefficient (Wildman–Crippen LogP) is 2.36. The van der Waals surface area contributed by atoms with Crippen molar-refractivity contribution < 1.29 is 13.5 Å². The zero-order valence-corrected chi connectivity index (χ0v) is 12.7. The monoisotopic (exact) mass is 306 g/mol. The molecule has 0 spiro atoms. The van der Waals surface area contributed by atoms with Gasteiger partial charge in [0.1, 0.15) is 5.75 Å². The lowest BCUT2D eigenvalue weighted by Gasteiger charge is -2.24. The Morgan fingerprint density at radius 2 is 1.76 bits per heavy atom. The third kappa shape index (κ3) is 3.01. The van der Waals surface area contributed by atoms with Crippen molar-refractivity contribution >= 4 is 15.7 Å². The van der Waals surface area contributed by atoms with Crippen LogP contribution < -0.4 is 5.73 Å². The summed E-state index contributed by atoms with van der Waals surface area (Å²) in [5.41, 5.74) is 6.51. The molecular weight excluding hydrogens is 288 g/mol. The highest BCUT2D eigenvalue weighted by Crippen LogP contribution is 2.29. The van der Waals surface area contributed by atoms with E-state index in [2.05, 4.69) is 0 Å². The highest BCUT2D eigenvalue weighted by Gasteiger charge is 2.26. The number of hydrogen-bond acceptors (Lipinski definition) is 4. The molecule has 1 atom stereocenters. The van der Waals surface area contributed by atoms with Gasteiger partial charge in [0.15, 0.2) is 0 Å². The van der Waals surface area contributed by atoms with Crippen molar-refractivity contribution in [2.45, 2.75) is 17.9 Å². The molecule has 0 fully saturated rings. The molecule has 0 aliphatic heterocycles. The molecule has 0 aliphatic carbocycles. The molecule has 5 nitrogen and oxygen atoms in total. The Morgan fingerprint density at radius 3 is 2.33 bits per heavy atom. The van der Waals surface area contributed by atoms with Crippen molar-refractivity contribution in [3.63, 3.8) is 0 Å². The van der Waals surface area contributed by atoms with Gasteiger partial charge in [-0.05, 0) is 30.7 Å². The smallest absolute Gasteiger partial charge is 0.243 e. The Hall–Kier alpha value is -2.05. The maximum absolute atomic E-state index is 12.6. The molecule has 2 rings (SSSR count). The summed E-state index contributed by atoms with van der Waals surface area (Å²) in [6.07, 6.45) is 0. The summed E-state index contributed by atoms with van der Waals surface area (Å²) in [7, 11) is -2.16. The van der Waals surface area contributed by atoms with Gasteiger partial charge in [-0.25, -0.2) is 8.42 Å². The van der Waals surface area contributed by atoms with E-state index in [1.54, 1.807) is 0 Å². The molecule has 0 saturated heterocycles. The summed E-state index contributed by atoms with van der Waals surface area (Å²) in [4.78, 5) is 0.0584. The van der Waals surface area contributed by atoms with Gasteiger partial charge in [0.05, 0.1) is 10.6 Å². The lowest BCUT2D eigenvalue weighted by atomic mass is 10.1. The van der Waals surface area contributed by atoms with Crippen LogP contribution in [0.3, 0.4) is 0 Å². The molecule has 21 heavy (non-hydrogen) atoms. The van der Waals surface area contributed by atoms with Crippen LogP contribution in [0.15, 0.2) is 53.4 Å². The third-order valence-electron chi connectivity index (χ3n) is 3.50. The maximum atomic E-state index is 12.6. The normalized spacial score (nSPS) is 13.3. The van der Waals surface area contributed by atoms with Crippen molar-refractivity contribution in [3.05, 3.63) is 54.1 Å². The summed E-state index contributed by atoms with van der Waals surface area (Å²) in [5, 5.41) is 9.40. The standard InChI is InChI=1S/C15H18N2O3S/c1-11(12-6-4-3-5-7-12)17(2)21(19,20)13-8-9-15(18)14(16)10-13/h3-11,18H,16H2,1-2H3. The zero-order valence-electron chi connectivity index (χ0n) is 11.9. The SMILES string of the molecule is CC(c1ccccc1)N(C)S(=O)(=O)c1ccc(O)c(N)c1. The quantitative estimate of drug-likeness (QED) is 0.671. The fourth-order valence-corrected chi connectivity index (χ4v) is 3.40. The second-order valence-electron chi connectivity index (χ2n) is 4.83. The number of aromatic hydroxyl groups is 1. The van der Waals surface area contributed by atoms with E-state index in [1.807, 2.05) is 37.3 Å². The highest BCUT2D eigenvalue weighted by molar-refractivity contribution is 7.89. The second kappa shape index (κ2) is 5.75. The van der Waals surface area contributed by atoms with Gasteiger partial charge < -0.3 is 10.8 Å². The topological polar surface area (TPSA) is 83.6 Å². The van der Waals surface area contributed by atoms with Gasteiger partial charge in [-0.2, -0.15) is 4.31 Å². The highest BCUT2D eigenvalue weighted by atomic mass is 32.2. The van der Waals surface area contributed by atoms with Crippen molar-refractivity contribution in [1.82, 2.24) is 4.31 Å². The molecule has 2 aromatic rings.